The van der Waals surface area contributed by atoms with Crippen LogP contribution in [-0.4, -0.2) is 45.3 Å². The Kier molecular flexibility index (Phi) is 4.13. The Morgan fingerprint density at radius 2 is 2.21 bits per heavy atom. The second-order valence-corrected chi connectivity index (χ2v) is 6.29. The molecule has 1 atom stereocenters. The lowest BCUT2D eigenvalue weighted by atomic mass is 9.94. The first-order chi connectivity index (χ1) is 11.8. The van der Waals surface area contributed by atoms with Gasteiger partial charge in [-0.05, 0) is 37.1 Å². The molecule has 2 aromatic heterocycles. The molecule has 3 heterocycles. The number of nitrogens with one attached hydrogen (secondary N) is 1. The van der Waals surface area contributed by atoms with Crippen LogP contribution in [0.3, 0.4) is 0 Å². The van der Waals surface area contributed by atoms with E-state index in [9.17, 15) is 0 Å². The van der Waals surface area contributed by atoms with Crippen molar-refractivity contribution in [1.82, 2.24) is 25.1 Å². The number of aromatic nitrogens is 4. The van der Waals surface area contributed by atoms with Gasteiger partial charge in [0.25, 0.3) is 0 Å². The van der Waals surface area contributed by atoms with Gasteiger partial charge in [-0.25, -0.2) is 9.97 Å². The van der Waals surface area contributed by atoms with Gasteiger partial charge in [0.15, 0.2) is 5.65 Å². The molecular formula is C18H21N5O. The predicted molar refractivity (Wildman–Crippen MR) is 91.9 cm³/mol. The van der Waals surface area contributed by atoms with E-state index in [1.54, 1.807) is 19.5 Å². The number of hydrogen-bond donors (Lipinski definition) is 1. The number of H-pyrrole nitrogens is 1. The van der Waals surface area contributed by atoms with Gasteiger partial charge in [-0.3, -0.25) is 10.00 Å². The van der Waals surface area contributed by atoms with Crippen LogP contribution in [0.5, 0.6) is 5.75 Å². The van der Waals surface area contributed by atoms with E-state index in [1.807, 2.05) is 12.1 Å². The van der Waals surface area contributed by atoms with Crippen LogP contribution in [-0.2, 0) is 6.54 Å². The van der Waals surface area contributed by atoms with Crippen molar-refractivity contribution in [3.05, 3.63) is 47.9 Å². The summed E-state index contributed by atoms with van der Waals surface area (Å²) in [6, 6.07) is 8.30. The van der Waals surface area contributed by atoms with Crippen molar-refractivity contribution in [2.45, 2.75) is 25.3 Å². The normalized spacial score (nSPS) is 18.8. The third-order valence-corrected chi connectivity index (χ3v) is 4.67. The second kappa shape index (κ2) is 6.57. The smallest absolute Gasteiger partial charge is 0.199 e. The van der Waals surface area contributed by atoms with E-state index in [0.29, 0.717) is 11.6 Å². The first-order valence-corrected chi connectivity index (χ1v) is 8.34. The van der Waals surface area contributed by atoms with Gasteiger partial charge in [0.1, 0.15) is 11.3 Å². The maximum Gasteiger partial charge on any atom is 0.199 e. The highest BCUT2D eigenvalue weighted by atomic mass is 16.5. The molecule has 6 heteroatoms. The van der Waals surface area contributed by atoms with Crippen LogP contribution in [0.1, 0.15) is 30.0 Å². The highest BCUT2D eigenvalue weighted by Gasteiger charge is 2.25. The molecule has 1 aliphatic heterocycles. The summed E-state index contributed by atoms with van der Waals surface area (Å²) in [5, 5.41) is 7.46. The van der Waals surface area contributed by atoms with Crippen molar-refractivity contribution in [2.24, 2.45) is 0 Å². The minimum absolute atomic E-state index is 0.422. The van der Waals surface area contributed by atoms with Gasteiger partial charge < -0.3 is 4.74 Å². The molecule has 1 saturated heterocycles. The average molecular weight is 323 g/mol. The monoisotopic (exact) mass is 323 g/mol. The van der Waals surface area contributed by atoms with Gasteiger partial charge in [0, 0.05) is 31.4 Å². The van der Waals surface area contributed by atoms with E-state index in [0.717, 1.165) is 43.0 Å². The molecule has 1 aliphatic rings. The number of ether oxygens (including phenoxy) is 1. The predicted octanol–water partition coefficient (Wildman–Crippen LogP) is 2.74. The number of fused-ring (bicyclic) bond motifs is 1. The Bertz CT molecular complexity index is 831. The van der Waals surface area contributed by atoms with Gasteiger partial charge in [0.2, 0.25) is 0 Å². The Labute approximate surface area is 140 Å². The lowest BCUT2D eigenvalue weighted by Crippen LogP contribution is -2.34. The quantitative estimate of drug-likeness (QED) is 0.799. The molecule has 1 fully saturated rings. The highest BCUT2D eigenvalue weighted by Crippen LogP contribution is 2.29. The molecule has 0 spiro atoms. The lowest BCUT2D eigenvalue weighted by molar-refractivity contribution is 0.198. The van der Waals surface area contributed by atoms with E-state index in [2.05, 4.69) is 37.2 Å². The number of rotatable bonds is 4. The first-order valence-electron chi connectivity index (χ1n) is 8.34. The zero-order valence-electron chi connectivity index (χ0n) is 13.8. The molecular weight excluding hydrogens is 302 g/mol. The van der Waals surface area contributed by atoms with Crippen molar-refractivity contribution >= 4 is 11.2 Å². The SMILES string of the molecule is COc1cccc(CN2CCC[C@H](c3[nH]nc4nccnc34)C2)c1. The molecule has 0 aliphatic carbocycles. The molecule has 3 aromatic rings. The van der Waals surface area contributed by atoms with E-state index >= 15 is 0 Å². The molecule has 0 amide bonds. The Morgan fingerprint density at radius 3 is 3.12 bits per heavy atom. The van der Waals surface area contributed by atoms with E-state index in [1.165, 1.54) is 12.0 Å². The summed E-state index contributed by atoms with van der Waals surface area (Å²) < 4.78 is 5.33. The summed E-state index contributed by atoms with van der Waals surface area (Å²) in [7, 11) is 1.71. The van der Waals surface area contributed by atoms with Crippen molar-refractivity contribution in [2.75, 3.05) is 20.2 Å². The fraction of sp³-hybridized carbons (Fsp3) is 0.389. The molecule has 0 radical (unpaired) electrons. The molecule has 0 saturated carbocycles. The fourth-order valence-corrected chi connectivity index (χ4v) is 3.52. The standard InChI is InChI=1S/C18H21N5O/c1-24-15-6-2-4-13(10-15)11-23-9-3-5-14(12-23)16-17-18(22-21-16)20-8-7-19-17/h2,4,6-8,10,14H,3,5,9,11-12H2,1H3,(H,20,21,22)/t14-/m0/s1. The Balaban J connectivity index is 1.51. The number of aromatic amines is 1. The number of piperidine rings is 1. The van der Waals surface area contributed by atoms with Crippen molar-refractivity contribution in [1.29, 1.82) is 0 Å². The first kappa shape index (κ1) is 15.1. The molecule has 1 aromatic carbocycles. The number of likely N-dealkylation sites (tertiary alicyclic amines) is 1. The second-order valence-electron chi connectivity index (χ2n) is 6.29. The minimum atomic E-state index is 0.422. The number of benzene rings is 1. The van der Waals surface area contributed by atoms with Gasteiger partial charge in [0.05, 0.1) is 12.8 Å². The molecule has 0 unspecified atom stereocenters. The molecule has 6 nitrogen and oxygen atoms in total. The van der Waals surface area contributed by atoms with Crippen LogP contribution in [0.4, 0.5) is 0 Å². The molecule has 124 valence electrons. The van der Waals surface area contributed by atoms with Crippen molar-refractivity contribution in [3.8, 4) is 5.75 Å². The van der Waals surface area contributed by atoms with Crippen LogP contribution in [0.15, 0.2) is 36.7 Å². The van der Waals surface area contributed by atoms with Crippen LogP contribution in [0, 0.1) is 0 Å². The van der Waals surface area contributed by atoms with Gasteiger partial charge in [-0.15, -0.1) is 0 Å². The summed E-state index contributed by atoms with van der Waals surface area (Å²) in [6.45, 7) is 3.06. The zero-order valence-corrected chi connectivity index (χ0v) is 13.8. The largest absolute Gasteiger partial charge is 0.497 e. The minimum Gasteiger partial charge on any atom is -0.497 e. The zero-order chi connectivity index (χ0) is 16.4. The van der Waals surface area contributed by atoms with Crippen LogP contribution in [0.2, 0.25) is 0 Å². The van der Waals surface area contributed by atoms with Crippen molar-refractivity contribution < 1.29 is 4.74 Å². The third kappa shape index (κ3) is 2.97. The summed E-state index contributed by atoms with van der Waals surface area (Å²) in [6.07, 6.45) is 5.75. The fourth-order valence-electron chi connectivity index (χ4n) is 3.52. The average Bonchev–Trinajstić information content (AvgIpc) is 3.06. The molecule has 0 bridgehead atoms. The maximum absolute atomic E-state index is 5.33. The number of nitrogens with zero attached hydrogens (tertiary/aromatic N) is 4. The topological polar surface area (TPSA) is 66.9 Å². The molecule has 1 N–H and O–H groups in total. The summed E-state index contributed by atoms with van der Waals surface area (Å²) in [5.74, 6) is 1.34. The maximum atomic E-state index is 5.33. The third-order valence-electron chi connectivity index (χ3n) is 4.67. The Morgan fingerprint density at radius 1 is 1.29 bits per heavy atom. The molecule has 24 heavy (non-hydrogen) atoms. The summed E-state index contributed by atoms with van der Waals surface area (Å²) in [4.78, 5) is 11.2. The van der Waals surface area contributed by atoms with Crippen LogP contribution < -0.4 is 4.74 Å². The van der Waals surface area contributed by atoms with Crippen molar-refractivity contribution in [3.63, 3.8) is 0 Å². The van der Waals surface area contributed by atoms with Gasteiger partial charge in [-0.1, -0.05) is 12.1 Å². The van der Waals surface area contributed by atoms with Gasteiger partial charge in [-0.2, -0.15) is 5.10 Å². The summed E-state index contributed by atoms with van der Waals surface area (Å²) >= 11 is 0. The Hall–Kier alpha value is -2.47. The van der Waals surface area contributed by atoms with Crippen LogP contribution in [0.25, 0.3) is 11.2 Å². The molecule has 4 rings (SSSR count). The van der Waals surface area contributed by atoms with E-state index in [4.69, 9.17) is 4.74 Å². The lowest BCUT2D eigenvalue weighted by Gasteiger charge is -2.32. The van der Waals surface area contributed by atoms with E-state index in [-0.39, 0.29) is 0 Å². The van der Waals surface area contributed by atoms with Gasteiger partial charge >= 0.3 is 0 Å². The van der Waals surface area contributed by atoms with E-state index < -0.39 is 0 Å². The number of methoxy groups -OCH3 is 1. The number of hydrogen-bond acceptors (Lipinski definition) is 5. The van der Waals surface area contributed by atoms with Crippen LogP contribution >= 0.6 is 0 Å². The highest BCUT2D eigenvalue weighted by molar-refractivity contribution is 5.72. The summed E-state index contributed by atoms with van der Waals surface area (Å²) in [5.41, 5.74) is 4.01.